The maximum absolute atomic E-state index is 3.30. The molecule has 100 valence electrons. The molecule has 0 amide bonds. The Labute approximate surface area is 123 Å². The molecule has 21 heavy (non-hydrogen) atoms. The van der Waals surface area contributed by atoms with E-state index in [2.05, 4.69) is 90.1 Å². The van der Waals surface area contributed by atoms with Gasteiger partial charge in [-0.3, -0.25) is 0 Å². The molecule has 0 unspecified atom stereocenters. The van der Waals surface area contributed by atoms with Crippen molar-refractivity contribution < 1.29 is 0 Å². The first-order valence-electron chi connectivity index (χ1n) is 7.13. The molecule has 0 saturated heterocycles. The summed E-state index contributed by atoms with van der Waals surface area (Å²) in [6.45, 7) is 0. The van der Waals surface area contributed by atoms with Crippen LogP contribution in [0.2, 0.25) is 0 Å². The van der Waals surface area contributed by atoms with Crippen LogP contribution in [-0.4, -0.2) is 4.98 Å². The van der Waals surface area contributed by atoms with Crippen molar-refractivity contribution in [2.45, 2.75) is 0 Å². The monoisotopic (exact) mass is 269 g/mol. The number of rotatable bonds is 2. The Morgan fingerprint density at radius 3 is 2.48 bits per heavy atom. The second-order valence-electron chi connectivity index (χ2n) is 5.23. The van der Waals surface area contributed by atoms with Crippen LogP contribution in [0.4, 0.5) is 0 Å². The molecular formula is C20H15N. The van der Waals surface area contributed by atoms with Crippen molar-refractivity contribution in [3.8, 4) is 0 Å². The van der Waals surface area contributed by atoms with Crippen molar-refractivity contribution in [2.75, 3.05) is 0 Å². The number of aromatic amines is 1. The number of para-hydroxylation sites is 1. The predicted octanol–water partition coefficient (Wildman–Crippen LogP) is 5.49. The zero-order valence-corrected chi connectivity index (χ0v) is 11.6. The van der Waals surface area contributed by atoms with Crippen molar-refractivity contribution in [3.05, 3.63) is 84.1 Å². The Morgan fingerprint density at radius 2 is 1.52 bits per heavy atom. The van der Waals surface area contributed by atoms with Gasteiger partial charge in [0.25, 0.3) is 0 Å². The first-order chi connectivity index (χ1) is 10.4. The van der Waals surface area contributed by atoms with Crippen LogP contribution < -0.4 is 0 Å². The molecule has 0 atom stereocenters. The number of fused-ring (bicyclic) bond motifs is 2. The molecule has 4 aromatic rings. The molecule has 1 N–H and O–H groups in total. The molecular weight excluding hydrogens is 254 g/mol. The van der Waals surface area contributed by atoms with Crippen molar-refractivity contribution in [1.29, 1.82) is 0 Å². The summed E-state index contributed by atoms with van der Waals surface area (Å²) in [5.41, 5.74) is 3.62. The maximum Gasteiger partial charge on any atom is 0.0460 e. The van der Waals surface area contributed by atoms with Gasteiger partial charge in [-0.05, 0) is 34.0 Å². The highest BCUT2D eigenvalue weighted by Crippen LogP contribution is 2.21. The van der Waals surface area contributed by atoms with E-state index < -0.39 is 0 Å². The molecule has 0 radical (unpaired) electrons. The zero-order chi connectivity index (χ0) is 14.1. The molecule has 3 aromatic carbocycles. The van der Waals surface area contributed by atoms with E-state index in [0.29, 0.717) is 0 Å². The number of hydrogen-bond donors (Lipinski definition) is 1. The first-order valence-corrected chi connectivity index (χ1v) is 7.13. The predicted molar refractivity (Wildman–Crippen MR) is 91.2 cm³/mol. The molecule has 0 fully saturated rings. The lowest BCUT2D eigenvalue weighted by Crippen LogP contribution is -1.75. The fourth-order valence-corrected chi connectivity index (χ4v) is 2.73. The fraction of sp³-hybridized carbons (Fsp3) is 0. The number of aromatic nitrogens is 1. The molecule has 1 heterocycles. The highest BCUT2D eigenvalue weighted by Gasteiger charge is 1.99. The van der Waals surface area contributed by atoms with Crippen LogP contribution in [-0.2, 0) is 0 Å². The average Bonchev–Trinajstić information content (AvgIpc) is 2.96. The highest BCUT2D eigenvalue weighted by molar-refractivity contribution is 5.92. The molecule has 0 spiro atoms. The van der Waals surface area contributed by atoms with Crippen LogP contribution in [0.15, 0.2) is 72.9 Å². The van der Waals surface area contributed by atoms with Crippen LogP contribution in [0.5, 0.6) is 0 Å². The second kappa shape index (κ2) is 4.95. The highest BCUT2D eigenvalue weighted by atomic mass is 14.7. The van der Waals surface area contributed by atoms with Crippen molar-refractivity contribution in [1.82, 2.24) is 4.98 Å². The molecule has 0 aliphatic heterocycles. The van der Waals surface area contributed by atoms with Crippen LogP contribution in [0, 0.1) is 0 Å². The topological polar surface area (TPSA) is 15.8 Å². The van der Waals surface area contributed by atoms with Gasteiger partial charge in [0, 0.05) is 17.1 Å². The van der Waals surface area contributed by atoms with Gasteiger partial charge in [0.15, 0.2) is 0 Å². The summed E-state index contributed by atoms with van der Waals surface area (Å²) >= 11 is 0. The third kappa shape index (κ3) is 2.23. The van der Waals surface area contributed by atoms with Crippen molar-refractivity contribution in [3.63, 3.8) is 0 Å². The third-order valence-corrected chi connectivity index (χ3v) is 3.85. The van der Waals surface area contributed by atoms with Crippen LogP contribution in [0.25, 0.3) is 33.8 Å². The lowest BCUT2D eigenvalue weighted by molar-refractivity contribution is 1.47. The Balaban J connectivity index is 1.73. The average molecular weight is 269 g/mol. The minimum atomic E-state index is 1.18. The Hall–Kier alpha value is -2.80. The minimum absolute atomic E-state index is 1.18. The zero-order valence-electron chi connectivity index (χ0n) is 11.6. The van der Waals surface area contributed by atoms with E-state index in [9.17, 15) is 0 Å². The molecule has 1 nitrogen and oxygen atoms in total. The number of benzene rings is 3. The summed E-state index contributed by atoms with van der Waals surface area (Å²) in [6.07, 6.45) is 6.40. The molecule has 0 aliphatic rings. The van der Waals surface area contributed by atoms with Crippen LogP contribution in [0.3, 0.4) is 0 Å². The molecule has 1 aromatic heterocycles. The fourth-order valence-electron chi connectivity index (χ4n) is 2.73. The summed E-state index contributed by atoms with van der Waals surface area (Å²) in [5, 5.41) is 3.81. The molecule has 0 aliphatic carbocycles. The molecule has 4 rings (SSSR count). The van der Waals surface area contributed by atoms with Crippen molar-refractivity contribution >= 4 is 33.8 Å². The van der Waals surface area contributed by atoms with Gasteiger partial charge in [0.2, 0.25) is 0 Å². The normalized spacial score (nSPS) is 11.6. The van der Waals surface area contributed by atoms with Gasteiger partial charge >= 0.3 is 0 Å². The summed E-state index contributed by atoms with van der Waals surface area (Å²) in [5.74, 6) is 0. The summed E-state index contributed by atoms with van der Waals surface area (Å²) in [6, 6.07) is 23.4. The van der Waals surface area contributed by atoms with Gasteiger partial charge in [-0.2, -0.15) is 0 Å². The minimum Gasteiger partial charge on any atom is -0.361 e. The number of H-pyrrole nitrogens is 1. The lowest BCUT2D eigenvalue weighted by atomic mass is 10.1. The van der Waals surface area contributed by atoms with Gasteiger partial charge < -0.3 is 4.98 Å². The maximum atomic E-state index is 3.30. The largest absolute Gasteiger partial charge is 0.361 e. The molecule has 1 heteroatoms. The van der Waals surface area contributed by atoms with Gasteiger partial charge in [-0.25, -0.2) is 0 Å². The van der Waals surface area contributed by atoms with E-state index in [1.54, 1.807) is 0 Å². The van der Waals surface area contributed by atoms with E-state index in [-0.39, 0.29) is 0 Å². The van der Waals surface area contributed by atoms with E-state index in [1.165, 1.54) is 32.8 Å². The standard InChI is InChI=1S/C20H15N/c1-2-6-17-13-15(9-11-16(17)5-1)10-12-18-14-21-20-8-4-3-7-19(18)20/h1-14,21H/b12-10+. The molecule has 0 saturated carbocycles. The van der Waals surface area contributed by atoms with E-state index >= 15 is 0 Å². The summed E-state index contributed by atoms with van der Waals surface area (Å²) < 4.78 is 0. The Morgan fingerprint density at radius 1 is 0.714 bits per heavy atom. The Kier molecular flexibility index (Phi) is 2.82. The SMILES string of the molecule is C(=C\c1c[nH]c2ccccc12)/c1ccc2ccccc2c1. The van der Waals surface area contributed by atoms with Gasteiger partial charge in [0.1, 0.15) is 0 Å². The Bertz CT molecular complexity index is 944. The van der Waals surface area contributed by atoms with Gasteiger partial charge in [-0.1, -0.05) is 66.7 Å². The number of nitrogens with one attached hydrogen (secondary N) is 1. The van der Waals surface area contributed by atoms with Gasteiger partial charge in [-0.15, -0.1) is 0 Å². The third-order valence-electron chi connectivity index (χ3n) is 3.85. The van der Waals surface area contributed by atoms with Gasteiger partial charge in [0.05, 0.1) is 0 Å². The lowest BCUT2D eigenvalue weighted by Gasteiger charge is -1.99. The second-order valence-corrected chi connectivity index (χ2v) is 5.23. The quantitative estimate of drug-likeness (QED) is 0.495. The molecule has 0 bridgehead atoms. The smallest absolute Gasteiger partial charge is 0.0460 e. The van der Waals surface area contributed by atoms with Crippen molar-refractivity contribution in [2.24, 2.45) is 0 Å². The van der Waals surface area contributed by atoms with E-state index in [0.717, 1.165) is 0 Å². The van der Waals surface area contributed by atoms with E-state index in [1.807, 2.05) is 0 Å². The van der Waals surface area contributed by atoms with E-state index in [4.69, 9.17) is 0 Å². The number of hydrogen-bond acceptors (Lipinski definition) is 0. The summed E-state index contributed by atoms with van der Waals surface area (Å²) in [7, 11) is 0. The van der Waals surface area contributed by atoms with Crippen LogP contribution in [0.1, 0.15) is 11.1 Å². The first kappa shape index (κ1) is 12.0. The summed E-state index contributed by atoms with van der Waals surface area (Å²) in [4.78, 5) is 3.30. The van der Waals surface area contributed by atoms with Crippen LogP contribution >= 0.6 is 0 Å².